The smallest absolute Gasteiger partial charge is 0.327 e. The third-order valence-corrected chi connectivity index (χ3v) is 7.35. The fourth-order valence-corrected chi connectivity index (χ4v) is 5.49. The van der Waals surface area contributed by atoms with Gasteiger partial charge >= 0.3 is 6.03 Å². The molecule has 0 saturated carbocycles. The number of carbonyl (C=O) groups excluding carboxylic acids is 2. The van der Waals surface area contributed by atoms with E-state index in [0.29, 0.717) is 39.0 Å². The number of aryl methyl sites for hydroxylation is 1. The number of nitrogens with zero attached hydrogens (tertiary/aromatic N) is 5. The van der Waals surface area contributed by atoms with E-state index < -0.39 is 5.54 Å². The van der Waals surface area contributed by atoms with Gasteiger partial charge in [0, 0.05) is 58.7 Å². The highest BCUT2D eigenvalue weighted by Crippen LogP contribution is 2.38. The number of hydrogen-bond acceptors (Lipinski definition) is 5. The molecule has 35 heavy (non-hydrogen) atoms. The van der Waals surface area contributed by atoms with Crippen molar-refractivity contribution in [1.82, 2.24) is 24.5 Å². The lowest BCUT2D eigenvalue weighted by Crippen LogP contribution is -2.56. The van der Waals surface area contributed by atoms with E-state index in [2.05, 4.69) is 34.3 Å². The first kappa shape index (κ1) is 23.5. The minimum atomic E-state index is -0.771. The number of benzene rings is 2. The lowest BCUT2D eigenvalue weighted by atomic mass is 9.85. The molecule has 1 spiro atoms. The van der Waals surface area contributed by atoms with Crippen LogP contribution in [0.15, 0.2) is 54.9 Å². The molecule has 8 heteroatoms. The van der Waals surface area contributed by atoms with Gasteiger partial charge in [-0.25, -0.2) is 4.79 Å². The number of carbonyl (C=O) groups is 2. The summed E-state index contributed by atoms with van der Waals surface area (Å²) < 4.78 is 7.04. The van der Waals surface area contributed by atoms with Crippen LogP contribution in [0.4, 0.5) is 4.79 Å². The predicted octanol–water partition coefficient (Wildman–Crippen LogP) is 3.41. The largest absolute Gasteiger partial charge is 0.385 e. The molecule has 2 aliphatic rings. The highest BCUT2D eigenvalue weighted by atomic mass is 16.5. The summed E-state index contributed by atoms with van der Waals surface area (Å²) in [6.45, 7) is 3.71. The first-order valence-electron chi connectivity index (χ1n) is 12.3. The summed E-state index contributed by atoms with van der Waals surface area (Å²) in [6, 6.07) is 14.1. The van der Waals surface area contributed by atoms with Crippen molar-refractivity contribution in [3.63, 3.8) is 0 Å². The summed E-state index contributed by atoms with van der Waals surface area (Å²) in [5.74, 6) is -0.0610. The van der Waals surface area contributed by atoms with E-state index in [-0.39, 0.29) is 11.9 Å². The van der Waals surface area contributed by atoms with Crippen LogP contribution in [0.3, 0.4) is 0 Å². The second-order valence-electron chi connectivity index (χ2n) is 9.68. The molecule has 3 heterocycles. The van der Waals surface area contributed by atoms with E-state index in [1.165, 1.54) is 4.90 Å². The van der Waals surface area contributed by atoms with Gasteiger partial charge in [-0.15, -0.1) is 0 Å². The van der Waals surface area contributed by atoms with Gasteiger partial charge in [0.15, 0.2) is 0 Å². The number of hydrogen-bond donors (Lipinski definition) is 0. The van der Waals surface area contributed by atoms with Crippen molar-refractivity contribution in [2.75, 3.05) is 33.4 Å². The van der Waals surface area contributed by atoms with E-state index in [9.17, 15) is 9.59 Å². The quantitative estimate of drug-likeness (QED) is 0.369. The summed E-state index contributed by atoms with van der Waals surface area (Å²) in [7, 11) is 3.58. The zero-order chi connectivity index (χ0) is 24.4. The molecule has 184 valence electrons. The standard InChI is InChI=1S/C27H33N5O3/c1-29-18-22(17-28-29)19-30-13-10-27(11-14-30)25(33)31(26(34)32(27)12-5-15-35-2)20-21-8-9-23-6-3-4-7-24(23)16-21/h3-4,6-9,16-18H,5,10-15,19-20H2,1-2H3. The van der Waals surface area contributed by atoms with E-state index in [0.717, 1.165) is 41.5 Å². The zero-order valence-corrected chi connectivity index (χ0v) is 20.5. The van der Waals surface area contributed by atoms with Gasteiger partial charge in [-0.2, -0.15) is 5.10 Å². The van der Waals surface area contributed by atoms with Crippen LogP contribution in [0.25, 0.3) is 10.8 Å². The van der Waals surface area contributed by atoms with E-state index in [4.69, 9.17) is 4.74 Å². The highest BCUT2D eigenvalue weighted by molar-refractivity contribution is 6.07. The third-order valence-electron chi connectivity index (χ3n) is 7.35. The fourth-order valence-electron chi connectivity index (χ4n) is 5.49. The zero-order valence-electron chi connectivity index (χ0n) is 20.5. The Morgan fingerprint density at radius 2 is 1.77 bits per heavy atom. The number of piperidine rings is 1. The van der Waals surface area contributed by atoms with E-state index >= 15 is 0 Å². The molecule has 3 amide bonds. The number of fused-ring (bicyclic) bond motifs is 1. The monoisotopic (exact) mass is 475 g/mol. The van der Waals surface area contributed by atoms with Crippen LogP contribution in [0.2, 0.25) is 0 Å². The number of aromatic nitrogens is 2. The first-order valence-corrected chi connectivity index (χ1v) is 12.3. The lowest BCUT2D eigenvalue weighted by molar-refractivity contribution is -0.136. The van der Waals surface area contributed by atoms with Crippen LogP contribution >= 0.6 is 0 Å². The molecule has 0 aliphatic carbocycles. The van der Waals surface area contributed by atoms with Crippen molar-refractivity contribution in [3.05, 3.63) is 66.0 Å². The maximum Gasteiger partial charge on any atom is 0.327 e. The molecule has 2 fully saturated rings. The topological polar surface area (TPSA) is 70.9 Å². The van der Waals surface area contributed by atoms with Gasteiger partial charge in [-0.3, -0.25) is 19.3 Å². The van der Waals surface area contributed by atoms with Gasteiger partial charge < -0.3 is 9.64 Å². The van der Waals surface area contributed by atoms with Crippen molar-refractivity contribution in [3.8, 4) is 0 Å². The van der Waals surface area contributed by atoms with Crippen molar-refractivity contribution < 1.29 is 14.3 Å². The Morgan fingerprint density at radius 3 is 2.49 bits per heavy atom. The van der Waals surface area contributed by atoms with Gasteiger partial charge in [0.25, 0.3) is 5.91 Å². The number of methoxy groups -OCH3 is 1. The maximum absolute atomic E-state index is 13.9. The predicted molar refractivity (Wildman–Crippen MR) is 134 cm³/mol. The Kier molecular flexibility index (Phi) is 6.58. The Balaban J connectivity index is 1.35. The van der Waals surface area contributed by atoms with Crippen molar-refractivity contribution in [1.29, 1.82) is 0 Å². The van der Waals surface area contributed by atoms with Crippen LogP contribution in [-0.4, -0.2) is 75.3 Å². The SMILES string of the molecule is COCCCN1C(=O)N(Cc2ccc3ccccc3c2)C(=O)C12CCN(Cc1cnn(C)c1)CC2. The van der Waals surface area contributed by atoms with Crippen molar-refractivity contribution in [2.24, 2.45) is 7.05 Å². The molecule has 2 saturated heterocycles. The third kappa shape index (κ3) is 4.56. The molecule has 0 bridgehead atoms. The summed E-state index contributed by atoms with van der Waals surface area (Å²) in [5.41, 5.74) is 1.35. The van der Waals surface area contributed by atoms with Crippen LogP contribution in [0, 0.1) is 0 Å². The number of likely N-dealkylation sites (tertiary alicyclic amines) is 1. The molecule has 0 unspecified atom stereocenters. The summed E-state index contributed by atoms with van der Waals surface area (Å²) in [5, 5.41) is 6.52. The summed E-state index contributed by atoms with van der Waals surface area (Å²) >= 11 is 0. The second-order valence-corrected chi connectivity index (χ2v) is 9.68. The van der Waals surface area contributed by atoms with Gasteiger partial charge in [0.05, 0.1) is 12.7 Å². The molecule has 2 aliphatic heterocycles. The molecule has 2 aromatic carbocycles. The summed E-state index contributed by atoms with van der Waals surface area (Å²) in [4.78, 5) is 33.1. The molecule has 0 N–H and O–H groups in total. The average molecular weight is 476 g/mol. The van der Waals surface area contributed by atoms with Gasteiger partial charge in [0.1, 0.15) is 5.54 Å². The van der Waals surface area contributed by atoms with Crippen LogP contribution in [0.5, 0.6) is 0 Å². The first-order chi connectivity index (χ1) is 17.0. The van der Waals surface area contributed by atoms with Gasteiger partial charge in [0.2, 0.25) is 0 Å². The van der Waals surface area contributed by atoms with Gasteiger partial charge in [-0.1, -0.05) is 36.4 Å². The van der Waals surface area contributed by atoms with Crippen LogP contribution in [-0.2, 0) is 29.7 Å². The van der Waals surface area contributed by atoms with Crippen molar-refractivity contribution in [2.45, 2.75) is 37.9 Å². The minimum Gasteiger partial charge on any atom is -0.385 e. The highest BCUT2D eigenvalue weighted by Gasteiger charge is 2.57. The Labute approximate surface area is 206 Å². The normalized spacial score (nSPS) is 18.3. The number of urea groups is 1. The lowest BCUT2D eigenvalue weighted by Gasteiger charge is -2.42. The number of rotatable bonds is 8. The van der Waals surface area contributed by atoms with Crippen LogP contribution in [0.1, 0.15) is 30.4 Å². The molecule has 3 aromatic rings. The Morgan fingerprint density at radius 1 is 1.00 bits per heavy atom. The number of imide groups is 1. The van der Waals surface area contributed by atoms with E-state index in [1.807, 2.05) is 47.2 Å². The summed E-state index contributed by atoms with van der Waals surface area (Å²) in [6.07, 6.45) is 5.90. The maximum atomic E-state index is 13.9. The van der Waals surface area contributed by atoms with Crippen molar-refractivity contribution >= 4 is 22.7 Å². The molecule has 5 rings (SSSR count). The fraction of sp³-hybridized carbons (Fsp3) is 0.444. The van der Waals surface area contributed by atoms with Gasteiger partial charge in [-0.05, 0) is 41.7 Å². The molecule has 0 atom stereocenters. The Bertz CT molecular complexity index is 1210. The number of ether oxygens (including phenoxy) is 1. The molecule has 1 aromatic heterocycles. The van der Waals surface area contributed by atoms with E-state index in [1.54, 1.807) is 7.11 Å². The number of amides is 3. The molecular weight excluding hydrogens is 442 g/mol. The molecular formula is C27H33N5O3. The van der Waals surface area contributed by atoms with Crippen LogP contribution < -0.4 is 0 Å². The molecule has 8 nitrogen and oxygen atoms in total. The molecule has 0 radical (unpaired) electrons. The minimum absolute atomic E-state index is 0.0610. The average Bonchev–Trinajstić information content (AvgIpc) is 3.36. The Hall–Kier alpha value is -3.23. The second kappa shape index (κ2) is 9.79.